The maximum absolute atomic E-state index is 12.8. The maximum Gasteiger partial charge on any atom is 0.306 e. The van der Waals surface area contributed by atoms with E-state index < -0.39 is 11.9 Å². The molecule has 0 aliphatic heterocycles. The fourth-order valence-electron chi connectivity index (χ4n) is 2.56. The van der Waals surface area contributed by atoms with Crippen LogP contribution in [-0.2, 0) is 27.3 Å². The van der Waals surface area contributed by atoms with E-state index in [0.717, 1.165) is 16.7 Å². The number of nitrogens with one attached hydrogen (secondary N) is 1. The van der Waals surface area contributed by atoms with Crippen LogP contribution >= 0.6 is 0 Å². The molecule has 6 nitrogen and oxygen atoms in total. The Kier molecular flexibility index (Phi) is 6.73. The van der Waals surface area contributed by atoms with E-state index in [4.69, 9.17) is 9.15 Å². The summed E-state index contributed by atoms with van der Waals surface area (Å²) in [7, 11) is 0. The van der Waals surface area contributed by atoms with E-state index in [-0.39, 0.29) is 31.8 Å². The number of aryl methyl sites for hydroxylation is 2. The molecule has 0 aliphatic carbocycles. The van der Waals surface area contributed by atoms with E-state index in [1.165, 1.54) is 12.1 Å². The van der Waals surface area contributed by atoms with Crippen LogP contribution in [0, 0.1) is 12.7 Å². The number of rotatable bonds is 8. The fraction of sp³-hybridized carbons (Fsp3) is 0.227. The zero-order valence-corrected chi connectivity index (χ0v) is 16.0. The van der Waals surface area contributed by atoms with Gasteiger partial charge in [0.05, 0.1) is 12.6 Å². The highest BCUT2D eigenvalue weighted by Crippen LogP contribution is 2.21. The van der Waals surface area contributed by atoms with Gasteiger partial charge in [-0.25, -0.2) is 9.37 Å². The first-order valence-corrected chi connectivity index (χ1v) is 9.18. The van der Waals surface area contributed by atoms with Crippen LogP contribution < -0.4 is 5.32 Å². The van der Waals surface area contributed by atoms with Crippen molar-refractivity contribution < 1.29 is 23.1 Å². The predicted octanol–water partition coefficient (Wildman–Crippen LogP) is 3.58. The number of hydrogen-bond donors (Lipinski definition) is 1. The third-order valence-corrected chi connectivity index (χ3v) is 4.20. The molecule has 0 bridgehead atoms. The summed E-state index contributed by atoms with van der Waals surface area (Å²) < 4.78 is 23.5. The van der Waals surface area contributed by atoms with Gasteiger partial charge in [0.15, 0.2) is 18.3 Å². The second kappa shape index (κ2) is 9.64. The summed E-state index contributed by atoms with van der Waals surface area (Å²) in [5.41, 5.74) is 2.81. The van der Waals surface area contributed by atoms with E-state index in [0.29, 0.717) is 11.7 Å². The Morgan fingerprint density at radius 2 is 1.83 bits per heavy atom. The van der Waals surface area contributed by atoms with Crippen molar-refractivity contribution in [3.05, 3.63) is 77.6 Å². The third-order valence-electron chi connectivity index (χ3n) is 4.20. The number of oxazole rings is 1. The summed E-state index contributed by atoms with van der Waals surface area (Å²) in [5.74, 6) is -0.227. The zero-order chi connectivity index (χ0) is 20.6. The van der Waals surface area contributed by atoms with Gasteiger partial charge in [-0.05, 0) is 24.6 Å². The number of aromatic nitrogens is 1. The van der Waals surface area contributed by atoms with E-state index in [9.17, 15) is 14.0 Å². The van der Waals surface area contributed by atoms with Crippen LogP contribution in [0.4, 0.5) is 4.39 Å². The predicted molar refractivity (Wildman–Crippen MR) is 104 cm³/mol. The minimum Gasteiger partial charge on any atom is -0.456 e. The van der Waals surface area contributed by atoms with Gasteiger partial charge in [0, 0.05) is 18.5 Å². The largest absolute Gasteiger partial charge is 0.456 e. The molecular formula is C22H21FN2O4. The van der Waals surface area contributed by atoms with Gasteiger partial charge >= 0.3 is 5.97 Å². The highest BCUT2D eigenvalue weighted by Gasteiger charge is 2.11. The van der Waals surface area contributed by atoms with Crippen molar-refractivity contribution in [3.63, 3.8) is 0 Å². The minimum absolute atomic E-state index is 0.0547. The molecule has 1 N–H and O–H groups in total. The van der Waals surface area contributed by atoms with Crippen molar-refractivity contribution in [2.45, 2.75) is 26.3 Å². The second-order valence-electron chi connectivity index (χ2n) is 6.55. The minimum atomic E-state index is -0.517. The van der Waals surface area contributed by atoms with Crippen LogP contribution in [0.5, 0.6) is 0 Å². The van der Waals surface area contributed by atoms with Crippen molar-refractivity contribution in [2.24, 2.45) is 0 Å². The SMILES string of the molecule is Cc1ccc(-c2cnc(CCC(=O)OCC(=O)NCc3ccc(F)cc3)o2)cc1. The van der Waals surface area contributed by atoms with Gasteiger partial charge in [0.25, 0.3) is 5.91 Å². The zero-order valence-electron chi connectivity index (χ0n) is 16.0. The van der Waals surface area contributed by atoms with Crippen LogP contribution in [0.15, 0.2) is 59.1 Å². The van der Waals surface area contributed by atoms with Crippen molar-refractivity contribution >= 4 is 11.9 Å². The third kappa shape index (κ3) is 6.27. The molecular weight excluding hydrogens is 375 g/mol. The molecule has 3 rings (SSSR count). The summed E-state index contributed by atoms with van der Waals surface area (Å²) in [6.45, 7) is 1.86. The number of hydrogen-bond acceptors (Lipinski definition) is 5. The van der Waals surface area contributed by atoms with E-state index >= 15 is 0 Å². The first-order valence-electron chi connectivity index (χ1n) is 9.18. The molecule has 0 aliphatic rings. The number of benzene rings is 2. The molecule has 150 valence electrons. The van der Waals surface area contributed by atoms with Crippen LogP contribution in [0.1, 0.15) is 23.4 Å². The number of carbonyl (C=O) groups excluding carboxylic acids is 2. The number of halogens is 1. The Hall–Kier alpha value is -3.48. The van der Waals surface area contributed by atoms with Gasteiger partial charge < -0.3 is 14.5 Å². The van der Waals surface area contributed by atoms with E-state index in [1.807, 2.05) is 31.2 Å². The van der Waals surface area contributed by atoms with Gasteiger partial charge in [-0.15, -0.1) is 0 Å². The topological polar surface area (TPSA) is 81.4 Å². The average molecular weight is 396 g/mol. The maximum atomic E-state index is 12.8. The molecule has 0 atom stereocenters. The highest BCUT2D eigenvalue weighted by atomic mass is 19.1. The standard InChI is InChI=1S/C22H21FN2O4/c1-15-2-6-17(7-3-15)19-13-25-21(29-19)10-11-22(27)28-14-20(26)24-12-16-4-8-18(23)9-5-16/h2-9,13H,10-12,14H2,1H3,(H,24,26). The Balaban J connectivity index is 1.38. The van der Waals surface area contributed by atoms with Crippen molar-refractivity contribution in [2.75, 3.05) is 6.61 Å². The molecule has 0 saturated heterocycles. The van der Waals surface area contributed by atoms with Gasteiger partial charge in [0.2, 0.25) is 0 Å². The van der Waals surface area contributed by atoms with E-state index in [1.54, 1.807) is 18.3 Å². The molecule has 0 unspecified atom stereocenters. The lowest BCUT2D eigenvalue weighted by atomic mass is 10.1. The Morgan fingerprint density at radius 3 is 2.55 bits per heavy atom. The van der Waals surface area contributed by atoms with Gasteiger partial charge in [-0.1, -0.05) is 42.0 Å². The summed E-state index contributed by atoms with van der Waals surface area (Å²) in [4.78, 5) is 27.8. The van der Waals surface area contributed by atoms with E-state index in [2.05, 4.69) is 10.3 Å². The molecule has 1 heterocycles. The van der Waals surface area contributed by atoms with Gasteiger partial charge in [-0.3, -0.25) is 9.59 Å². The lowest BCUT2D eigenvalue weighted by Crippen LogP contribution is -2.28. The normalized spacial score (nSPS) is 10.6. The van der Waals surface area contributed by atoms with Crippen LogP contribution in [0.3, 0.4) is 0 Å². The summed E-state index contributed by atoms with van der Waals surface area (Å²) in [5, 5.41) is 2.60. The molecule has 7 heteroatoms. The number of amides is 1. The first kappa shape index (κ1) is 20.3. The number of ether oxygens (including phenoxy) is 1. The van der Waals surface area contributed by atoms with Gasteiger partial charge in [0.1, 0.15) is 5.82 Å². The molecule has 1 aromatic heterocycles. The number of carbonyl (C=O) groups is 2. The highest BCUT2D eigenvalue weighted by molar-refractivity contribution is 5.80. The summed E-state index contributed by atoms with van der Waals surface area (Å²) >= 11 is 0. The molecule has 0 radical (unpaired) electrons. The first-order chi connectivity index (χ1) is 14.0. The molecule has 0 spiro atoms. The van der Waals surface area contributed by atoms with Crippen molar-refractivity contribution in [1.29, 1.82) is 0 Å². The monoisotopic (exact) mass is 396 g/mol. The lowest BCUT2D eigenvalue weighted by molar-refractivity contribution is -0.148. The summed E-state index contributed by atoms with van der Waals surface area (Å²) in [6, 6.07) is 13.6. The fourth-order valence-corrected chi connectivity index (χ4v) is 2.56. The van der Waals surface area contributed by atoms with Crippen LogP contribution in [0.25, 0.3) is 11.3 Å². The molecule has 3 aromatic rings. The molecule has 0 fully saturated rings. The van der Waals surface area contributed by atoms with Crippen molar-refractivity contribution in [3.8, 4) is 11.3 Å². The molecule has 2 aromatic carbocycles. The Bertz CT molecular complexity index is 965. The quantitative estimate of drug-likeness (QED) is 0.589. The average Bonchev–Trinajstić information content (AvgIpc) is 3.20. The molecule has 1 amide bonds. The van der Waals surface area contributed by atoms with Crippen LogP contribution in [0.2, 0.25) is 0 Å². The Labute approximate surface area is 167 Å². The van der Waals surface area contributed by atoms with Crippen LogP contribution in [-0.4, -0.2) is 23.5 Å². The Morgan fingerprint density at radius 1 is 1.10 bits per heavy atom. The van der Waals surface area contributed by atoms with Crippen molar-refractivity contribution in [1.82, 2.24) is 10.3 Å². The summed E-state index contributed by atoms with van der Waals surface area (Å²) in [6.07, 6.45) is 1.95. The smallest absolute Gasteiger partial charge is 0.306 e. The lowest BCUT2D eigenvalue weighted by Gasteiger charge is -2.06. The molecule has 29 heavy (non-hydrogen) atoms. The second-order valence-corrected chi connectivity index (χ2v) is 6.55. The molecule has 0 saturated carbocycles. The number of esters is 1. The van der Waals surface area contributed by atoms with Gasteiger partial charge in [-0.2, -0.15) is 0 Å². The number of nitrogens with zero attached hydrogens (tertiary/aromatic N) is 1.